The molecule has 2 aromatic heterocycles. The van der Waals surface area contributed by atoms with E-state index in [0.29, 0.717) is 23.4 Å². The van der Waals surface area contributed by atoms with Gasteiger partial charge in [-0.3, -0.25) is 13.9 Å². The molecule has 0 radical (unpaired) electrons. The van der Waals surface area contributed by atoms with Gasteiger partial charge in [0, 0.05) is 27.1 Å². The number of aromatic nitrogens is 4. The largest absolute Gasteiger partial charge is 0.396 e. The Hall–Kier alpha value is -1.89. The first-order valence-electron chi connectivity index (χ1n) is 6.31. The Bertz CT molecular complexity index is 695. The van der Waals surface area contributed by atoms with Gasteiger partial charge in [-0.15, -0.1) is 0 Å². The van der Waals surface area contributed by atoms with Gasteiger partial charge in [-0.25, -0.2) is 9.78 Å². The first-order valence-corrected chi connectivity index (χ1v) is 6.31. The van der Waals surface area contributed by atoms with Crippen molar-refractivity contribution >= 4 is 11.2 Å². The summed E-state index contributed by atoms with van der Waals surface area (Å²) in [6, 6.07) is 0. The van der Waals surface area contributed by atoms with Crippen LogP contribution in [0.25, 0.3) is 11.2 Å². The molecular formula is C12H18N4O3. The summed E-state index contributed by atoms with van der Waals surface area (Å²) in [5.74, 6) is 0.700. The minimum Gasteiger partial charge on any atom is -0.396 e. The maximum atomic E-state index is 11.9. The van der Waals surface area contributed by atoms with Crippen molar-refractivity contribution in [3.05, 3.63) is 26.7 Å². The Morgan fingerprint density at radius 1 is 1.16 bits per heavy atom. The Morgan fingerprint density at radius 2 is 1.89 bits per heavy atom. The molecule has 104 valence electrons. The van der Waals surface area contributed by atoms with Crippen molar-refractivity contribution in [2.24, 2.45) is 14.1 Å². The second-order valence-electron chi connectivity index (χ2n) is 4.62. The molecule has 7 nitrogen and oxygen atoms in total. The molecule has 2 heterocycles. The Balaban J connectivity index is 2.36. The lowest BCUT2D eigenvalue weighted by Crippen LogP contribution is -2.36. The highest BCUT2D eigenvalue weighted by atomic mass is 16.3. The summed E-state index contributed by atoms with van der Waals surface area (Å²) >= 11 is 0. The molecule has 7 heteroatoms. The van der Waals surface area contributed by atoms with Crippen LogP contribution < -0.4 is 11.2 Å². The van der Waals surface area contributed by atoms with Gasteiger partial charge in [-0.2, -0.15) is 0 Å². The summed E-state index contributed by atoms with van der Waals surface area (Å²) in [4.78, 5) is 31.0. The monoisotopic (exact) mass is 266 g/mol. The van der Waals surface area contributed by atoms with E-state index in [1.54, 1.807) is 7.05 Å². The number of imidazole rings is 1. The van der Waals surface area contributed by atoms with Crippen LogP contribution in [0.3, 0.4) is 0 Å². The molecule has 0 saturated heterocycles. The standard InChI is InChI=1S/C12H18N4O3/c1-15-10-9(11(18)16(2)12(15)19)13-8(14-10)6-4-3-5-7-17/h17H,3-7H2,1-2H3,(H,13,14). The zero-order valence-corrected chi connectivity index (χ0v) is 11.1. The van der Waals surface area contributed by atoms with Crippen molar-refractivity contribution in [3.63, 3.8) is 0 Å². The minimum atomic E-state index is -0.379. The molecule has 0 aliphatic carbocycles. The van der Waals surface area contributed by atoms with E-state index in [1.807, 2.05) is 0 Å². The van der Waals surface area contributed by atoms with Crippen molar-refractivity contribution in [2.45, 2.75) is 25.7 Å². The molecule has 0 aliphatic rings. The van der Waals surface area contributed by atoms with E-state index in [1.165, 1.54) is 11.6 Å². The van der Waals surface area contributed by atoms with Gasteiger partial charge in [0.2, 0.25) is 0 Å². The smallest absolute Gasteiger partial charge is 0.332 e. The van der Waals surface area contributed by atoms with Crippen LogP contribution in [-0.4, -0.2) is 30.8 Å². The number of unbranched alkanes of at least 4 members (excludes halogenated alkanes) is 2. The number of rotatable bonds is 5. The number of hydrogen-bond acceptors (Lipinski definition) is 4. The van der Waals surface area contributed by atoms with E-state index in [4.69, 9.17) is 5.11 Å². The SMILES string of the molecule is Cn1c(=O)c2[nH]c(CCCCCO)nc2n(C)c1=O. The number of nitrogens with zero attached hydrogens (tertiary/aromatic N) is 3. The van der Waals surface area contributed by atoms with Gasteiger partial charge in [-0.05, 0) is 12.8 Å². The third-order valence-corrected chi connectivity index (χ3v) is 3.22. The van der Waals surface area contributed by atoms with E-state index in [0.717, 1.165) is 23.8 Å². The van der Waals surface area contributed by atoms with Gasteiger partial charge in [0.05, 0.1) is 0 Å². The molecule has 0 aromatic carbocycles. The lowest BCUT2D eigenvalue weighted by atomic mass is 10.2. The predicted octanol–water partition coefficient (Wildman–Crippen LogP) is -0.335. The fourth-order valence-electron chi connectivity index (χ4n) is 2.07. The number of fused-ring (bicyclic) bond motifs is 1. The number of H-pyrrole nitrogens is 1. The van der Waals surface area contributed by atoms with Crippen LogP contribution in [0.4, 0.5) is 0 Å². The molecule has 2 aromatic rings. The van der Waals surface area contributed by atoms with Gasteiger partial charge in [0.15, 0.2) is 5.65 Å². The lowest BCUT2D eigenvalue weighted by Gasteiger charge is -2.00. The number of aliphatic hydroxyl groups is 1. The van der Waals surface area contributed by atoms with Crippen LogP contribution in [0, 0.1) is 0 Å². The zero-order chi connectivity index (χ0) is 14.0. The van der Waals surface area contributed by atoms with Crippen molar-refractivity contribution in [1.29, 1.82) is 0 Å². The normalized spacial score (nSPS) is 11.3. The highest BCUT2D eigenvalue weighted by molar-refractivity contribution is 5.69. The molecule has 0 fully saturated rings. The quantitative estimate of drug-likeness (QED) is 0.724. The number of aliphatic hydroxyl groups excluding tert-OH is 1. The van der Waals surface area contributed by atoms with E-state index < -0.39 is 0 Å². The molecular weight excluding hydrogens is 248 g/mol. The maximum absolute atomic E-state index is 11.9. The molecule has 2 N–H and O–H groups in total. The van der Waals surface area contributed by atoms with Gasteiger partial charge in [0.25, 0.3) is 5.56 Å². The average molecular weight is 266 g/mol. The summed E-state index contributed by atoms with van der Waals surface area (Å²) in [7, 11) is 3.05. The molecule has 0 unspecified atom stereocenters. The van der Waals surface area contributed by atoms with Gasteiger partial charge < -0.3 is 10.1 Å². The average Bonchev–Trinajstić information content (AvgIpc) is 2.83. The fourth-order valence-corrected chi connectivity index (χ4v) is 2.07. The van der Waals surface area contributed by atoms with Crippen molar-refractivity contribution < 1.29 is 5.11 Å². The van der Waals surface area contributed by atoms with Gasteiger partial charge in [0.1, 0.15) is 11.3 Å². The third-order valence-electron chi connectivity index (χ3n) is 3.22. The fraction of sp³-hybridized carbons (Fsp3) is 0.583. The van der Waals surface area contributed by atoms with Crippen LogP contribution >= 0.6 is 0 Å². The lowest BCUT2D eigenvalue weighted by molar-refractivity contribution is 0.283. The molecule has 0 bridgehead atoms. The minimum absolute atomic E-state index is 0.190. The summed E-state index contributed by atoms with van der Waals surface area (Å²) in [5.41, 5.74) is 0.0232. The van der Waals surface area contributed by atoms with Crippen molar-refractivity contribution in [3.8, 4) is 0 Å². The van der Waals surface area contributed by atoms with E-state index in [2.05, 4.69) is 9.97 Å². The summed E-state index contributed by atoms with van der Waals surface area (Å²) in [5, 5.41) is 8.71. The molecule has 0 saturated carbocycles. The molecule has 2 rings (SSSR count). The number of nitrogens with one attached hydrogen (secondary N) is 1. The number of hydrogen-bond donors (Lipinski definition) is 2. The molecule has 0 aliphatic heterocycles. The summed E-state index contributed by atoms with van der Waals surface area (Å²) in [6.45, 7) is 0.190. The summed E-state index contributed by atoms with van der Waals surface area (Å²) in [6.07, 6.45) is 3.26. The van der Waals surface area contributed by atoms with E-state index in [9.17, 15) is 9.59 Å². The summed E-state index contributed by atoms with van der Waals surface area (Å²) < 4.78 is 2.43. The zero-order valence-electron chi connectivity index (χ0n) is 11.1. The second kappa shape index (κ2) is 5.40. The van der Waals surface area contributed by atoms with Crippen LogP contribution in [0.1, 0.15) is 25.1 Å². The van der Waals surface area contributed by atoms with E-state index in [-0.39, 0.29) is 17.9 Å². The maximum Gasteiger partial charge on any atom is 0.332 e. The Labute approximate surface area is 109 Å². The van der Waals surface area contributed by atoms with E-state index >= 15 is 0 Å². The molecule has 0 amide bonds. The number of aromatic amines is 1. The van der Waals surface area contributed by atoms with Crippen molar-refractivity contribution in [1.82, 2.24) is 19.1 Å². The highest BCUT2D eigenvalue weighted by Crippen LogP contribution is 2.07. The van der Waals surface area contributed by atoms with Gasteiger partial charge in [-0.1, -0.05) is 6.42 Å². The topological polar surface area (TPSA) is 92.9 Å². The predicted molar refractivity (Wildman–Crippen MR) is 71.2 cm³/mol. The second-order valence-corrected chi connectivity index (χ2v) is 4.62. The van der Waals surface area contributed by atoms with Crippen LogP contribution in [-0.2, 0) is 20.5 Å². The first-order chi connectivity index (χ1) is 9.06. The van der Waals surface area contributed by atoms with Crippen molar-refractivity contribution in [2.75, 3.05) is 6.61 Å². The Kier molecular flexibility index (Phi) is 3.84. The molecule has 0 atom stereocenters. The van der Waals surface area contributed by atoms with Crippen LogP contribution in [0.15, 0.2) is 9.59 Å². The molecule has 0 spiro atoms. The van der Waals surface area contributed by atoms with Gasteiger partial charge >= 0.3 is 5.69 Å². The first kappa shape index (κ1) is 13.5. The van der Waals surface area contributed by atoms with Crippen LogP contribution in [0.5, 0.6) is 0 Å². The number of aryl methyl sites for hydroxylation is 2. The third kappa shape index (κ3) is 2.46. The highest BCUT2D eigenvalue weighted by Gasteiger charge is 2.12. The molecule has 19 heavy (non-hydrogen) atoms. The Morgan fingerprint density at radius 3 is 2.58 bits per heavy atom. The van der Waals surface area contributed by atoms with Crippen LogP contribution in [0.2, 0.25) is 0 Å².